The van der Waals surface area contributed by atoms with Crippen LogP contribution in [0.15, 0.2) is 59.5 Å². The minimum Gasteiger partial charge on any atom is -0.493 e. The molecule has 0 saturated carbocycles. The number of carbonyl (C=O) groups excluding carboxylic acids is 1. The Kier molecular flexibility index (Phi) is 7.46. The van der Waals surface area contributed by atoms with Gasteiger partial charge in [-0.1, -0.05) is 29.3 Å². The van der Waals surface area contributed by atoms with Crippen LogP contribution < -0.4 is 19.9 Å². The number of nitrogens with two attached hydrogens (primary N) is 1. The first-order valence-corrected chi connectivity index (χ1v) is 11.6. The van der Waals surface area contributed by atoms with Gasteiger partial charge in [0, 0.05) is 5.02 Å². The van der Waals surface area contributed by atoms with E-state index in [1.165, 1.54) is 31.4 Å². The maximum atomic E-state index is 12.5. The van der Waals surface area contributed by atoms with Crippen LogP contribution in [0, 0.1) is 11.3 Å². The van der Waals surface area contributed by atoms with Gasteiger partial charge in [0.2, 0.25) is 15.9 Å². The van der Waals surface area contributed by atoms with Gasteiger partial charge in [0.1, 0.15) is 5.75 Å². The number of nitrogens with zero attached hydrogens (tertiary/aromatic N) is 1. The molecule has 0 bridgehead atoms. The summed E-state index contributed by atoms with van der Waals surface area (Å²) in [7, 11) is -2.44. The summed E-state index contributed by atoms with van der Waals surface area (Å²) in [6, 6.07) is 15.3. The highest BCUT2D eigenvalue weighted by molar-refractivity contribution is 7.89. The average molecular weight is 506 g/mol. The zero-order valence-corrected chi connectivity index (χ0v) is 19.5. The number of methoxy groups -OCH3 is 1. The number of hydrogen-bond acceptors (Lipinski definition) is 6. The summed E-state index contributed by atoms with van der Waals surface area (Å²) in [5.74, 6) is 0.676. The first-order valence-electron chi connectivity index (χ1n) is 9.26. The average Bonchev–Trinajstić information content (AvgIpc) is 2.74. The molecule has 0 radical (unpaired) electrons. The van der Waals surface area contributed by atoms with Crippen molar-refractivity contribution in [2.24, 2.45) is 5.14 Å². The zero-order chi connectivity index (χ0) is 24.2. The number of anilines is 1. The SMILES string of the molecule is COc1ccc(CC(=O)Nc2ccc(S(N)(=O)=O)cc2Cl)cc1Oc1cc(Cl)cc(C#N)c1. The fourth-order valence-corrected chi connectivity index (χ4v) is 3.94. The summed E-state index contributed by atoms with van der Waals surface area (Å²) in [4.78, 5) is 12.4. The molecule has 11 heteroatoms. The third kappa shape index (κ3) is 6.37. The van der Waals surface area contributed by atoms with Gasteiger partial charge in [-0.3, -0.25) is 4.79 Å². The third-order valence-electron chi connectivity index (χ3n) is 4.36. The van der Waals surface area contributed by atoms with E-state index in [1.54, 1.807) is 24.3 Å². The molecule has 0 atom stereocenters. The number of halogens is 2. The van der Waals surface area contributed by atoms with Gasteiger partial charge in [0.25, 0.3) is 0 Å². The Morgan fingerprint density at radius 3 is 2.48 bits per heavy atom. The van der Waals surface area contributed by atoms with E-state index in [-0.39, 0.29) is 22.0 Å². The number of primary sulfonamides is 1. The van der Waals surface area contributed by atoms with Crippen LogP contribution >= 0.6 is 23.2 Å². The minimum absolute atomic E-state index is 0.0304. The lowest BCUT2D eigenvalue weighted by Gasteiger charge is -2.13. The molecule has 3 aromatic carbocycles. The number of carbonyl (C=O) groups is 1. The fourth-order valence-electron chi connectivity index (χ4n) is 2.88. The second kappa shape index (κ2) is 10.1. The summed E-state index contributed by atoms with van der Waals surface area (Å²) < 4.78 is 34.0. The predicted octanol–water partition coefficient (Wildman–Crippen LogP) is 4.49. The Hall–Kier alpha value is -3.29. The van der Waals surface area contributed by atoms with E-state index >= 15 is 0 Å². The molecule has 3 rings (SSSR count). The van der Waals surface area contributed by atoms with Gasteiger partial charge in [-0.25, -0.2) is 13.6 Å². The van der Waals surface area contributed by atoms with Gasteiger partial charge in [-0.05, 0) is 54.1 Å². The first-order chi connectivity index (χ1) is 15.6. The van der Waals surface area contributed by atoms with Crippen LogP contribution in [0.3, 0.4) is 0 Å². The number of ether oxygens (including phenoxy) is 2. The predicted molar refractivity (Wildman–Crippen MR) is 124 cm³/mol. The molecule has 170 valence electrons. The van der Waals surface area contributed by atoms with Crippen molar-refractivity contribution in [1.29, 1.82) is 5.26 Å². The van der Waals surface area contributed by atoms with Gasteiger partial charge < -0.3 is 14.8 Å². The monoisotopic (exact) mass is 505 g/mol. The zero-order valence-electron chi connectivity index (χ0n) is 17.1. The molecule has 0 aromatic heterocycles. The number of benzene rings is 3. The molecule has 33 heavy (non-hydrogen) atoms. The molecule has 0 saturated heterocycles. The van der Waals surface area contributed by atoms with E-state index in [9.17, 15) is 13.2 Å². The molecular formula is C22H17Cl2N3O5S. The quantitative estimate of drug-likeness (QED) is 0.485. The number of nitriles is 1. The number of rotatable bonds is 7. The molecule has 8 nitrogen and oxygen atoms in total. The van der Waals surface area contributed by atoms with Crippen molar-refractivity contribution in [2.75, 3.05) is 12.4 Å². The van der Waals surface area contributed by atoms with Crippen molar-refractivity contribution < 1.29 is 22.7 Å². The Labute approximate surface area is 200 Å². The Balaban J connectivity index is 1.79. The number of sulfonamides is 1. The second-order valence-corrected chi connectivity index (χ2v) is 9.19. The normalized spacial score (nSPS) is 10.9. The van der Waals surface area contributed by atoms with Gasteiger partial charge >= 0.3 is 0 Å². The maximum Gasteiger partial charge on any atom is 0.238 e. The highest BCUT2D eigenvalue weighted by atomic mass is 35.5. The second-order valence-electron chi connectivity index (χ2n) is 6.79. The number of amides is 1. The van der Waals surface area contributed by atoms with Crippen LogP contribution in [0.1, 0.15) is 11.1 Å². The van der Waals surface area contributed by atoms with Crippen LogP contribution in [0.25, 0.3) is 0 Å². The largest absolute Gasteiger partial charge is 0.493 e. The molecular weight excluding hydrogens is 489 g/mol. The van der Waals surface area contributed by atoms with E-state index in [1.807, 2.05) is 6.07 Å². The Bertz CT molecular complexity index is 1370. The van der Waals surface area contributed by atoms with E-state index in [4.69, 9.17) is 43.1 Å². The molecule has 1 amide bonds. The third-order valence-corrected chi connectivity index (χ3v) is 5.81. The first kappa shape index (κ1) is 24.4. The molecule has 0 aliphatic carbocycles. The maximum absolute atomic E-state index is 12.5. The van der Waals surface area contributed by atoms with E-state index in [0.717, 1.165) is 6.07 Å². The van der Waals surface area contributed by atoms with Crippen LogP contribution in [0.4, 0.5) is 5.69 Å². The van der Waals surface area contributed by atoms with E-state index in [2.05, 4.69) is 5.32 Å². The van der Waals surface area contributed by atoms with E-state index < -0.39 is 15.9 Å². The van der Waals surface area contributed by atoms with Crippen molar-refractivity contribution in [2.45, 2.75) is 11.3 Å². The topological polar surface area (TPSA) is 132 Å². The number of hydrogen-bond donors (Lipinski definition) is 2. The number of nitrogens with one attached hydrogen (secondary N) is 1. The molecule has 0 fully saturated rings. The van der Waals surface area contributed by atoms with Gasteiger partial charge in [-0.2, -0.15) is 5.26 Å². The van der Waals surface area contributed by atoms with Crippen LogP contribution in [0.2, 0.25) is 10.0 Å². The highest BCUT2D eigenvalue weighted by Gasteiger charge is 2.14. The molecule has 0 aliphatic rings. The van der Waals surface area contributed by atoms with Crippen molar-refractivity contribution in [3.8, 4) is 23.3 Å². The van der Waals surface area contributed by atoms with Crippen molar-refractivity contribution in [3.63, 3.8) is 0 Å². The lowest BCUT2D eigenvalue weighted by Crippen LogP contribution is -2.16. The summed E-state index contributed by atoms with van der Waals surface area (Å²) >= 11 is 12.1. The molecule has 3 N–H and O–H groups in total. The fraction of sp³-hybridized carbons (Fsp3) is 0.0909. The van der Waals surface area contributed by atoms with Crippen LogP contribution in [-0.2, 0) is 21.2 Å². The lowest BCUT2D eigenvalue weighted by molar-refractivity contribution is -0.115. The summed E-state index contributed by atoms with van der Waals surface area (Å²) in [5.41, 5.74) is 1.17. The lowest BCUT2D eigenvalue weighted by atomic mass is 10.1. The van der Waals surface area contributed by atoms with Gasteiger partial charge in [-0.15, -0.1) is 0 Å². The summed E-state index contributed by atoms with van der Waals surface area (Å²) in [5, 5.41) is 17.2. The van der Waals surface area contributed by atoms with Crippen LogP contribution in [-0.4, -0.2) is 21.4 Å². The summed E-state index contributed by atoms with van der Waals surface area (Å²) in [6.07, 6.45) is -0.0351. The minimum atomic E-state index is -3.91. The standard InChI is InChI=1S/C22H17Cl2N3O5S/c1-31-20-5-2-13(8-21(20)32-16-7-14(12-25)6-15(23)10-16)9-22(28)27-19-4-3-17(11-18(19)24)33(26,29)30/h2-8,10-11H,9H2,1H3,(H,27,28)(H2,26,29,30). The Morgan fingerprint density at radius 1 is 1.09 bits per heavy atom. The Morgan fingerprint density at radius 2 is 1.85 bits per heavy atom. The van der Waals surface area contributed by atoms with Gasteiger partial charge in [0.15, 0.2) is 11.5 Å². The van der Waals surface area contributed by atoms with E-state index in [0.29, 0.717) is 33.4 Å². The molecule has 0 spiro atoms. The smallest absolute Gasteiger partial charge is 0.238 e. The highest BCUT2D eigenvalue weighted by Crippen LogP contribution is 2.34. The summed E-state index contributed by atoms with van der Waals surface area (Å²) in [6.45, 7) is 0. The van der Waals surface area contributed by atoms with Crippen LogP contribution in [0.5, 0.6) is 17.2 Å². The molecule has 0 unspecified atom stereocenters. The van der Waals surface area contributed by atoms with Crippen molar-refractivity contribution in [1.82, 2.24) is 0 Å². The van der Waals surface area contributed by atoms with Crippen molar-refractivity contribution >= 4 is 44.8 Å². The molecule has 3 aromatic rings. The van der Waals surface area contributed by atoms with Crippen molar-refractivity contribution in [3.05, 3.63) is 75.8 Å². The molecule has 0 heterocycles. The molecule has 0 aliphatic heterocycles. The van der Waals surface area contributed by atoms with Gasteiger partial charge in [0.05, 0.1) is 40.8 Å².